The van der Waals surface area contributed by atoms with Crippen molar-refractivity contribution >= 4 is 11.3 Å². The third kappa shape index (κ3) is 2.90. The summed E-state index contributed by atoms with van der Waals surface area (Å²) in [6, 6.07) is 5.92. The van der Waals surface area contributed by atoms with E-state index < -0.39 is 0 Å². The number of thiazole rings is 1. The molecule has 0 unspecified atom stereocenters. The zero-order valence-electron chi connectivity index (χ0n) is 10.0. The monoisotopic (exact) mass is 247 g/mol. The number of nitrogens with zero attached hydrogens (tertiary/aromatic N) is 2. The van der Waals surface area contributed by atoms with Gasteiger partial charge in [-0.15, -0.1) is 11.3 Å². The molecule has 0 radical (unpaired) electrons. The Bertz CT molecular complexity index is 465. The topological polar surface area (TPSA) is 51.8 Å². The fourth-order valence-electron chi connectivity index (χ4n) is 1.72. The second-order valence-electron chi connectivity index (χ2n) is 3.88. The van der Waals surface area contributed by atoms with E-state index in [9.17, 15) is 0 Å². The highest BCUT2D eigenvalue weighted by molar-refractivity contribution is 7.12. The molecular weight excluding hydrogens is 230 g/mol. The number of hydrogen-bond acceptors (Lipinski definition) is 4. The van der Waals surface area contributed by atoms with Crippen LogP contribution in [0.25, 0.3) is 11.4 Å². The Kier molecular flexibility index (Phi) is 4.23. The van der Waals surface area contributed by atoms with Crippen LogP contribution in [0.1, 0.15) is 23.2 Å². The first-order valence-electron chi connectivity index (χ1n) is 5.95. The second kappa shape index (κ2) is 5.89. The largest absolute Gasteiger partial charge is 0.330 e. The summed E-state index contributed by atoms with van der Waals surface area (Å²) in [7, 11) is 0. The summed E-state index contributed by atoms with van der Waals surface area (Å²) in [4.78, 5) is 10.3. The lowest BCUT2D eigenvalue weighted by Crippen LogP contribution is -2.02. The molecule has 0 fully saturated rings. The Morgan fingerprint density at radius 2 is 2.18 bits per heavy atom. The van der Waals surface area contributed by atoms with E-state index in [4.69, 9.17) is 5.73 Å². The van der Waals surface area contributed by atoms with Crippen LogP contribution in [-0.2, 0) is 12.8 Å². The van der Waals surface area contributed by atoms with Crippen LogP contribution in [0, 0.1) is 0 Å². The van der Waals surface area contributed by atoms with Gasteiger partial charge < -0.3 is 5.73 Å². The normalized spacial score (nSPS) is 10.7. The van der Waals surface area contributed by atoms with E-state index in [1.807, 2.05) is 18.2 Å². The first-order chi connectivity index (χ1) is 8.35. The van der Waals surface area contributed by atoms with Gasteiger partial charge >= 0.3 is 0 Å². The minimum atomic E-state index is 0.660. The average molecular weight is 247 g/mol. The number of rotatable bonds is 5. The minimum absolute atomic E-state index is 0.660. The van der Waals surface area contributed by atoms with Crippen molar-refractivity contribution in [1.82, 2.24) is 9.97 Å². The molecule has 0 atom stereocenters. The number of aryl methyl sites for hydroxylation is 1. The Labute approximate surface area is 106 Å². The lowest BCUT2D eigenvalue weighted by atomic mass is 10.2. The van der Waals surface area contributed by atoms with E-state index in [1.165, 1.54) is 9.88 Å². The second-order valence-corrected chi connectivity index (χ2v) is 5.05. The summed E-state index contributed by atoms with van der Waals surface area (Å²) in [6.45, 7) is 2.83. The van der Waals surface area contributed by atoms with Gasteiger partial charge in [-0.25, -0.2) is 4.98 Å². The van der Waals surface area contributed by atoms with Gasteiger partial charge in [0, 0.05) is 11.1 Å². The maximum absolute atomic E-state index is 5.65. The third-order valence-electron chi connectivity index (χ3n) is 2.48. The molecule has 0 amide bonds. The highest BCUT2D eigenvalue weighted by atomic mass is 32.1. The van der Waals surface area contributed by atoms with E-state index in [2.05, 4.69) is 16.9 Å². The predicted octanol–water partition coefficient (Wildman–Crippen LogP) is 2.66. The quantitative estimate of drug-likeness (QED) is 0.883. The standard InChI is InChI=1S/C13H17N3S/c1-2-5-12-16-13(11(17-12)7-8-14)10-6-3-4-9-15-10/h3-4,6,9H,2,5,7-8,14H2,1H3. The van der Waals surface area contributed by atoms with Crippen molar-refractivity contribution in [3.8, 4) is 11.4 Å². The summed E-state index contributed by atoms with van der Waals surface area (Å²) in [6.07, 6.45) is 4.85. The molecule has 0 aromatic carbocycles. The smallest absolute Gasteiger partial charge is 0.103 e. The predicted molar refractivity (Wildman–Crippen MR) is 72.1 cm³/mol. The van der Waals surface area contributed by atoms with Gasteiger partial charge in [-0.1, -0.05) is 13.0 Å². The van der Waals surface area contributed by atoms with E-state index >= 15 is 0 Å². The molecular formula is C13H17N3S. The molecule has 0 aliphatic rings. The van der Waals surface area contributed by atoms with Crippen molar-refractivity contribution in [3.05, 3.63) is 34.3 Å². The molecule has 0 saturated carbocycles. The maximum Gasteiger partial charge on any atom is 0.103 e. The van der Waals surface area contributed by atoms with Gasteiger partial charge in [-0.2, -0.15) is 0 Å². The summed E-state index contributed by atoms with van der Waals surface area (Å²) in [5.74, 6) is 0. The van der Waals surface area contributed by atoms with Gasteiger partial charge in [0.05, 0.1) is 10.7 Å². The lowest BCUT2D eigenvalue weighted by molar-refractivity contribution is 0.908. The number of pyridine rings is 1. The fraction of sp³-hybridized carbons (Fsp3) is 0.385. The average Bonchev–Trinajstić information content (AvgIpc) is 2.74. The SMILES string of the molecule is CCCc1nc(-c2ccccn2)c(CCN)s1. The summed E-state index contributed by atoms with van der Waals surface area (Å²) >= 11 is 1.77. The van der Waals surface area contributed by atoms with Crippen molar-refractivity contribution < 1.29 is 0 Å². The number of hydrogen-bond donors (Lipinski definition) is 1. The minimum Gasteiger partial charge on any atom is -0.330 e. The Balaban J connectivity index is 2.37. The Morgan fingerprint density at radius 3 is 2.82 bits per heavy atom. The highest BCUT2D eigenvalue weighted by Crippen LogP contribution is 2.27. The molecule has 2 N–H and O–H groups in total. The summed E-state index contributed by atoms with van der Waals surface area (Å²) in [5, 5.41) is 1.19. The van der Waals surface area contributed by atoms with Crippen LogP contribution < -0.4 is 5.73 Å². The summed E-state index contributed by atoms with van der Waals surface area (Å²) < 4.78 is 0. The molecule has 17 heavy (non-hydrogen) atoms. The van der Waals surface area contributed by atoms with Crippen LogP contribution in [0.15, 0.2) is 24.4 Å². The van der Waals surface area contributed by atoms with E-state index in [-0.39, 0.29) is 0 Å². The third-order valence-corrected chi connectivity index (χ3v) is 3.66. The highest BCUT2D eigenvalue weighted by Gasteiger charge is 2.12. The van der Waals surface area contributed by atoms with Crippen molar-refractivity contribution in [2.75, 3.05) is 6.54 Å². The fourth-order valence-corrected chi connectivity index (χ4v) is 2.92. The van der Waals surface area contributed by atoms with Gasteiger partial charge in [0.2, 0.25) is 0 Å². The Hall–Kier alpha value is -1.26. The zero-order valence-corrected chi connectivity index (χ0v) is 10.8. The van der Waals surface area contributed by atoms with Crippen LogP contribution in [0.3, 0.4) is 0 Å². The van der Waals surface area contributed by atoms with Crippen molar-refractivity contribution in [3.63, 3.8) is 0 Å². The van der Waals surface area contributed by atoms with Gasteiger partial charge in [0.25, 0.3) is 0 Å². The maximum atomic E-state index is 5.65. The van der Waals surface area contributed by atoms with Gasteiger partial charge in [0.1, 0.15) is 5.69 Å². The molecule has 0 saturated heterocycles. The molecule has 2 aromatic heterocycles. The molecule has 3 nitrogen and oxygen atoms in total. The molecule has 0 aliphatic carbocycles. The molecule has 2 aromatic rings. The Morgan fingerprint density at radius 1 is 1.29 bits per heavy atom. The van der Waals surface area contributed by atoms with Crippen molar-refractivity contribution in [2.24, 2.45) is 5.73 Å². The van der Waals surface area contributed by atoms with E-state index in [1.54, 1.807) is 17.5 Å². The number of nitrogens with two attached hydrogens (primary N) is 1. The van der Waals surface area contributed by atoms with Crippen molar-refractivity contribution in [2.45, 2.75) is 26.2 Å². The number of aromatic nitrogens is 2. The molecule has 4 heteroatoms. The zero-order chi connectivity index (χ0) is 12.1. The molecule has 2 heterocycles. The van der Waals surface area contributed by atoms with Gasteiger partial charge in [-0.3, -0.25) is 4.98 Å². The van der Waals surface area contributed by atoms with Crippen LogP contribution in [0.5, 0.6) is 0 Å². The van der Waals surface area contributed by atoms with Crippen LogP contribution in [-0.4, -0.2) is 16.5 Å². The van der Waals surface area contributed by atoms with E-state index in [0.29, 0.717) is 6.54 Å². The van der Waals surface area contributed by atoms with Gasteiger partial charge in [-0.05, 0) is 37.9 Å². The molecule has 0 spiro atoms. The molecule has 0 bridgehead atoms. The summed E-state index contributed by atoms with van der Waals surface area (Å²) in [5.41, 5.74) is 7.62. The van der Waals surface area contributed by atoms with Crippen LogP contribution in [0.2, 0.25) is 0 Å². The van der Waals surface area contributed by atoms with Crippen LogP contribution >= 0.6 is 11.3 Å². The van der Waals surface area contributed by atoms with Gasteiger partial charge in [0.15, 0.2) is 0 Å². The van der Waals surface area contributed by atoms with Crippen molar-refractivity contribution in [1.29, 1.82) is 0 Å². The first kappa shape index (κ1) is 12.2. The molecule has 0 aliphatic heterocycles. The van der Waals surface area contributed by atoms with E-state index in [0.717, 1.165) is 30.7 Å². The first-order valence-corrected chi connectivity index (χ1v) is 6.76. The molecule has 90 valence electrons. The molecule has 2 rings (SSSR count). The van der Waals surface area contributed by atoms with Crippen LogP contribution in [0.4, 0.5) is 0 Å². The lowest BCUT2D eigenvalue weighted by Gasteiger charge is -1.99.